The van der Waals surface area contributed by atoms with Crippen LogP contribution in [0.4, 0.5) is 5.69 Å². The number of H-pyrrole nitrogens is 1. The third-order valence-corrected chi connectivity index (χ3v) is 4.96. The van der Waals surface area contributed by atoms with Crippen molar-refractivity contribution in [2.75, 3.05) is 5.32 Å². The van der Waals surface area contributed by atoms with Gasteiger partial charge < -0.3 is 10.3 Å². The molecule has 0 saturated carbocycles. The number of para-hydroxylation sites is 1. The molecule has 0 bridgehead atoms. The van der Waals surface area contributed by atoms with Crippen molar-refractivity contribution in [2.24, 2.45) is 0 Å². The Morgan fingerprint density at radius 1 is 0.917 bits per heavy atom. The predicted molar refractivity (Wildman–Crippen MR) is 101 cm³/mol. The van der Waals surface area contributed by atoms with Crippen molar-refractivity contribution in [1.29, 1.82) is 0 Å². The number of hydrogen-bond donors (Lipinski definition) is 3. The van der Waals surface area contributed by atoms with Crippen LogP contribution in [0.15, 0.2) is 71.9 Å². The van der Waals surface area contributed by atoms with Gasteiger partial charge in [0.2, 0.25) is 0 Å². The molecule has 5 rings (SSSR count). The number of hydrogen-bond acceptors (Lipinski definition) is 3. The number of anilines is 1. The van der Waals surface area contributed by atoms with E-state index in [9.17, 15) is 0 Å². The van der Waals surface area contributed by atoms with Crippen LogP contribution in [-0.2, 0) is 0 Å². The highest BCUT2D eigenvalue weighted by Crippen LogP contribution is 2.43. The summed E-state index contributed by atoms with van der Waals surface area (Å²) in [5.74, 6) is 0. The largest absolute Gasteiger partial charge is 0.374 e. The predicted octanol–water partition coefficient (Wildman–Crippen LogP) is 5.03. The second-order valence-electron chi connectivity index (χ2n) is 6.04. The Morgan fingerprint density at radius 2 is 1.75 bits per heavy atom. The minimum Gasteiger partial charge on any atom is -0.374 e. The van der Waals surface area contributed by atoms with E-state index in [1.165, 1.54) is 27.6 Å². The van der Waals surface area contributed by atoms with E-state index in [0.29, 0.717) is 0 Å². The number of rotatable bonds is 1. The first-order valence-corrected chi connectivity index (χ1v) is 8.37. The molecule has 1 atom stereocenters. The smallest absolute Gasteiger partial charge is 0.138 e. The number of aromatic amines is 1. The second-order valence-corrected chi connectivity index (χ2v) is 6.56. The first kappa shape index (κ1) is 13.7. The Labute approximate surface area is 145 Å². The molecule has 0 radical (unpaired) electrons. The fourth-order valence-electron chi connectivity index (χ4n) is 3.54. The van der Waals surface area contributed by atoms with Gasteiger partial charge >= 0.3 is 0 Å². The molecule has 0 amide bonds. The summed E-state index contributed by atoms with van der Waals surface area (Å²) < 4.78 is 0. The molecule has 0 saturated heterocycles. The van der Waals surface area contributed by atoms with Crippen molar-refractivity contribution in [3.63, 3.8) is 0 Å². The number of thiol groups is 1. The Bertz CT molecular complexity index is 1050. The minimum atomic E-state index is 0.0688. The molecule has 0 spiro atoms. The van der Waals surface area contributed by atoms with E-state index in [-0.39, 0.29) is 6.04 Å². The van der Waals surface area contributed by atoms with Gasteiger partial charge in [0, 0.05) is 39.5 Å². The van der Waals surface area contributed by atoms with Gasteiger partial charge in [0.25, 0.3) is 0 Å². The fourth-order valence-corrected chi connectivity index (χ4v) is 3.69. The molecule has 24 heavy (non-hydrogen) atoms. The van der Waals surface area contributed by atoms with Crippen LogP contribution in [0.1, 0.15) is 17.2 Å². The highest BCUT2D eigenvalue weighted by molar-refractivity contribution is 7.80. The zero-order valence-corrected chi connectivity index (χ0v) is 13.7. The van der Waals surface area contributed by atoms with Crippen LogP contribution >= 0.6 is 12.6 Å². The molecule has 1 unspecified atom stereocenters. The maximum Gasteiger partial charge on any atom is 0.138 e. The third-order valence-electron chi connectivity index (χ3n) is 4.66. The standard InChI is InChI=1S/C20H15N3S/c24-13-7-5-12(6-8-13)19-16-11-22-20-18(16)15(9-10-21-20)14-3-1-2-4-17(14)23-19/h1-11,19,23-24H,(H,21,22). The SMILES string of the molecule is Sc1ccc(C2Nc3ccccc3-c3ccnc4[nH]cc2c34)cc1. The minimum absolute atomic E-state index is 0.0688. The van der Waals surface area contributed by atoms with Crippen molar-refractivity contribution in [3.05, 3.63) is 78.1 Å². The summed E-state index contributed by atoms with van der Waals surface area (Å²) in [4.78, 5) is 8.80. The van der Waals surface area contributed by atoms with Gasteiger partial charge in [-0.05, 0) is 35.4 Å². The van der Waals surface area contributed by atoms with E-state index in [1.54, 1.807) is 0 Å². The molecular formula is C20H15N3S. The molecule has 1 aliphatic rings. The van der Waals surface area contributed by atoms with Gasteiger partial charge in [0.05, 0.1) is 6.04 Å². The zero-order chi connectivity index (χ0) is 16.1. The molecule has 4 aromatic rings. The summed E-state index contributed by atoms with van der Waals surface area (Å²) in [6.07, 6.45) is 3.93. The summed E-state index contributed by atoms with van der Waals surface area (Å²) >= 11 is 4.41. The number of fused-ring (bicyclic) bond motifs is 2. The monoisotopic (exact) mass is 329 g/mol. The first-order chi connectivity index (χ1) is 11.8. The molecule has 116 valence electrons. The average Bonchev–Trinajstić information content (AvgIpc) is 2.98. The lowest BCUT2D eigenvalue weighted by molar-refractivity contribution is 0.950. The lowest BCUT2D eigenvalue weighted by Crippen LogP contribution is -2.11. The number of nitrogens with one attached hydrogen (secondary N) is 2. The van der Waals surface area contributed by atoms with E-state index in [2.05, 4.69) is 76.6 Å². The van der Waals surface area contributed by atoms with Gasteiger partial charge in [-0.2, -0.15) is 0 Å². The summed E-state index contributed by atoms with van der Waals surface area (Å²) in [7, 11) is 0. The Hall–Kier alpha value is -2.72. The molecule has 0 aliphatic carbocycles. The van der Waals surface area contributed by atoms with Gasteiger partial charge in [0.1, 0.15) is 5.65 Å². The average molecular weight is 329 g/mol. The van der Waals surface area contributed by atoms with E-state index in [0.717, 1.165) is 16.2 Å². The van der Waals surface area contributed by atoms with Crippen molar-refractivity contribution in [3.8, 4) is 11.1 Å². The first-order valence-electron chi connectivity index (χ1n) is 7.92. The maximum atomic E-state index is 4.51. The van der Waals surface area contributed by atoms with Crippen molar-refractivity contribution in [2.45, 2.75) is 10.9 Å². The molecule has 2 aromatic heterocycles. The number of nitrogens with zero attached hydrogens (tertiary/aromatic N) is 1. The lowest BCUT2D eigenvalue weighted by Gasteiger charge is -2.19. The van der Waals surface area contributed by atoms with E-state index >= 15 is 0 Å². The van der Waals surface area contributed by atoms with Crippen LogP contribution < -0.4 is 5.32 Å². The van der Waals surface area contributed by atoms with Crippen LogP contribution in [0.25, 0.3) is 22.2 Å². The van der Waals surface area contributed by atoms with Gasteiger partial charge in [-0.25, -0.2) is 4.98 Å². The molecule has 4 heteroatoms. The molecule has 2 aromatic carbocycles. The van der Waals surface area contributed by atoms with Crippen LogP contribution in [0.2, 0.25) is 0 Å². The molecule has 2 N–H and O–H groups in total. The van der Waals surface area contributed by atoms with Crippen molar-refractivity contribution < 1.29 is 0 Å². The molecular weight excluding hydrogens is 314 g/mol. The number of benzene rings is 2. The highest BCUT2D eigenvalue weighted by atomic mass is 32.1. The van der Waals surface area contributed by atoms with E-state index < -0.39 is 0 Å². The van der Waals surface area contributed by atoms with Crippen molar-refractivity contribution >= 4 is 29.3 Å². The van der Waals surface area contributed by atoms with Crippen LogP contribution in [0, 0.1) is 0 Å². The van der Waals surface area contributed by atoms with E-state index in [1.807, 2.05) is 18.3 Å². The fraction of sp³-hybridized carbons (Fsp3) is 0.0500. The summed E-state index contributed by atoms with van der Waals surface area (Å²) in [5, 5.41) is 4.91. The van der Waals surface area contributed by atoms with Crippen molar-refractivity contribution in [1.82, 2.24) is 9.97 Å². The quantitative estimate of drug-likeness (QED) is 0.429. The normalized spacial score (nSPS) is 15.6. The third kappa shape index (κ3) is 1.96. The van der Waals surface area contributed by atoms with Crippen LogP contribution in [-0.4, -0.2) is 9.97 Å². The summed E-state index contributed by atoms with van der Waals surface area (Å²) in [6.45, 7) is 0. The van der Waals surface area contributed by atoms with Crippen LogP contribution in [0.5, 0.6) is 0 Å². The Balaban J connectivity index is 1.83. The van der Waals surface area contributed by atoms with Gasteiger partial charge in [-0.15, -0.1) is 12.6 Å². The van der Waals surface area contributed by atoms with Gasteiger partial charge in [-0.1, -0.05) is 30.3 Å². The second kappa shape index (κ2) is 5.14. The number of pyridine rings is 1. The topological polar surface area (TPSA) is 40.7 Å². The molecule has 3 heterocycles. The summed E-state index contributed by atoms with van der Waals surface area (Å²) in [5.41, 5.74) is 6.92. The summed E-state index contributed by atoms with van der Waals surface area (Å²) in [6, 6.07) is 18.9. The Morgan fingerprint density at radius 3 is 2.62 bits per heavy atom. The highest BCUT2D eigenvalue weighted by Gasteiger charge is 2.25. The zero-order valence-electron chi connectivity index (χ0n) is 12.8. The molecule has 3 nitrogen and oxygen atoms in total. The molecule has 0 fully saturated rings. The number of aromatic nitrogens is 2. The van der Waals surface area contributed by atoms with Gasteiger partial charge in [-0.3, -0.25) is 0 Å². The molecule has 1 aliphatic heterocycles. The maximum absolute atomic E-state index is 4.51. The van der Waals surface area contributed by atoms with E-state index in [4.69, 9.17) is 0 Å². The van der Waals surface area contributed by atoms with Crippen LogP contribution in [0.3, 0.4) is 0 Å². The Kier molecular flexibility index (Phi) is 2.94. The lowest BCUT2D eigenvalue weighted by atomic mass is 9.97. The van der Waals surface area contributed by atoms with Gasteiger partial charge in [0.15, 0.2) is 0 Å².